The number of nitrogens with zero attached hydrogens (tertiary/aromatic N) is 1. The van der Waals surface area contributed by atoms with Gasteiger partial charge in [0.25, 0.3) is 21.6 Å². The molecule has 0 aliphatic heterocycles. The number of nitro benzene ring substituents is 1. The first kappa shape index (κ1) is 19.0. The lowest BCUT2D eigenvalue weighted by atomic mass is 10.1. The van der Waals surface area contributed by atoms with Crippen molar-refractivity contribution in [1.82, 2.24) is 4.72 Å². The van der Waals surface area contributed by atoms with Gasteiger partial charge in [-0.1, -0.05) is 12.1 Å². The Kier molecular flexibility index (Phi) is 5.33. The summed E-state index contributed by atoms with van der Waals surface area (Å²) < 4.78 is 26.2. The third kappa shape index (κ3) is 4.02. The number of non-ortho nitro benzene ring substituents is 1. The second kappa shape index (κ2) is 7.29. The first-order valence-corrected chi connectivity index (χ1v) is 8.52. The molecule has 0 saturated carbocycles. The minimum atomic E-state index is -4.31. The second-order valence-electron chi connectivity index (χ2n) is 5.07. The Morgan fingerprint density at radius 3 is 2.23 bits per heavy atom. The van der Waals surface area contributed by atoms with Crippen molar-refractivity contribution < 1.29 is 28.0 Å². The van der Waals surface area contributed by atoms with Gasteiger partial charge in [-0.3, -0.25) is 14.9 Å². The molecular formula is C15H13N3O7S. The number of sulfonamides is 1. The molecule has 2 aromatic rings. The molecular weight excluding hydrogens is 366 g/mol. The van der Waals surface area contributed by atoms with Crippen molar-refractivity contribution in [2.24, 2.45) is 5.73 Å². The minimum Gasteiger partial charge on any atom is -0.478 e. The maximum absolute atomic E-state index is 12.3. The van der Waals surface area contributed by atoms with Crippen LogP contribution in [-0.4, -0.2) is 30.3 Å². The predicted molar refractivity (Wildman–Crippen MR) is 89.0 cm³/mol. The summed E-state index contributed by atoms with van der Waals surface area (Å²) >= 11 is 0. The van der Waals surface area contributed by atoms with Gasteiger partial charge < -0.3 is 10.8 Å². The van der Waals surface area contributed by atoms with E-state index in [0.29, 0.717) is 11.6 Å². The van der Waals surface area contributed by atoms with Crippen molar-refractivity contribution in [2.45, 2.75) is 11.4 Å². The number of nitro groups is 1. The second-order valence-corrected chi connectivity index (χ2v) is 6.76. The first-order valence-electron chi connectivity index (χ1n) is 7.03. The topological polar surface area (TPSA) is 170 Å². The summed E-state index contributed by atoms with van der Waals surface area (Å²) in [6.45, 7) is 0.197. The number of nitrogens with two attached hydrogens (primary N) is 1. The lowest BCUT2D eigenvalue weighted by Crippen LogP contribution is -2.31. The summed E-state index contributed by atoms with van der Waals surface area (Å²) in [5.41, 5.74) is 4.32. The molecule has 2 aromatic carbocycles. The highest BCUT2D eigenvalue weighted by Gasteiger charge is 2.25. The van der Waals surface area contributed by atoms with Crippen LogP contribution in [0.3, 0.4) is 0 Å². The van der Waals surface area contributed by atoms with E-state index in [1.807, 2.05) is 0 Å². The zero-order chi connectivity index (χ0) is 19.5. The van der Waals surface area contributed by atoms with E-state index < -0.39 is 43.6 Å². The van der Waals surface area contributed by atoms with E-state index in [1.165, 1.54) is 24.3 Å². The largest absolute Gasteiger partial charge is 0.478 e. The molecule has 2 rings (SSSR count). The Hall–Kier alpha value is -3.31. The molecule has 0 aromatic heterocycles. The molecule has 0 atom stereocenters. The minimum absolute atomic E-state index is 0.197. The summed E-state index contributed by atoms with van der Waals surface area (Å²) in [5, 5.41) is 19.9. The van der Waals surface area contributed by atoms with E-state index in [9.17, 15) is 28.1 Å². The van der Waals surface area contributed by atoms with Crippen molar-refractivity contribution in [2.75, 3.05) is 0 Å². The van der Waals surface area contributed by atoms with Gasteiger partial charge in [-0.15, -0.1) is 0 Å². The Morgan fingerprint density at radius 1 is 1.12 bits per heavy atom. The maximum Gasteiger partial charge on any atom is 0.336 e. The molecule has 136 valence electrons. The van der Waals surface area contributed by atoms with Crippen LogP contribution in [0.2, 0.25) is 0 Å². The van der Waals surface area contributed by atoms with E-state index in [2.05, 4.69) is 0 Å². The normalized spacial score (nSPS) is 11.0. The lowest BCUT2D eigenvalue weighted by molar-refractivity contribution is -0.384. The molecule has 4 N–H and O–H groups in total. The number of amides is 1. The smallest absolute Gasteiger partial charge is 0.336 e. The summed E-state index contributed by atoms with van der Waals surface area (Å²) in [6.07, 6.45) is 0. The van der Waals surface area contributed by atoms with E-state index >= 15 is 0 Å². The summed E-state index contributed by atoms with van der Waals surface area (Å²) in [5.74, 6) is -2.83. The van der Waals surface area contributed by atoms with Crippen LogP contribution in [0.1, 0.15) is 26.3 Å². The van der Waals surface area contributed by atoms with Gasteiger partial charge >= 0.3 is 5.97 Å². The Labute approximate surface area is 147 Å². The molecule has 26 heavy (non-hydrogen) atoms. The molecule has 10 nitrogen and oxygen atoms in total. The molecule has 0 saturated heterocycles. The fourth-order valence-corrected chi connectivity index (χ4v) is 3.03. The van der Waals surface area contributed by atoms with Crippen molar-refractivity contribution in [3.8, 4) is 0 Å². The SMILES string of the molecule is NCc1ccc(S(=O)(=O)NC(=O)c2cc([N+](=O)[O-])ccc2C(=O)O)cc1. The number of nitrogens with one attached hydrogen (secondary N) is 1. The monoisotopic (exact) mass is 379 g/mol. The van der Waals surface area contributed by atoms with Gasteiger partial charge in [0.15, 0.2) is 0 Å². The van der Waals surface area contributed by atoms with Gasteiger partial charge in [-0.05, 0) is 23.8 Å². The highest BCUT2D eigenvalue weighted by atomic mass is 32.2. The molecule has 0 bridgehead atoms. The van der Waals surface area contributed by atoms with Gasteiger partial charge in [0.2, 0.25) is 0 Å². The van der Waals surface area contributed by atoms with E-state index in [0.717, 1.165) is 12.1 Å². The van der Waals surface area contributed by atoms with Gasteiger partial charge in [0.1, 0.15) is 0 Å². The van der Waals surface area contributed by atoms with E-state index in [-0.39, 0.29) is 11.4 Å². The van der Waals surface area contributed by atoms with Crippen LogP contribution in [0.25, 0.3) is 0 Å². The van der Waals surface area contributed by atoms with E-state index in [4.69, 9.17) is 10.8 Å². The predicted octanol–water partition coefficient (Wildman–Crippen LogP) is 0.870. The number of carboxylic acids is 1. The zero-order valence-corrected chi connectivity index (χ0v) is 13.9. The fraction of sp³-hybridized carbons (Fsp3) is 0.0667. The molecule has 0 spiro atoms. The molecule has 0 heterocycles. The maximum atomic E-state index is 12.3. The van der Waals surface area contributed by atoms with Gasteiger partial charge in [-0.25, -0.2) is 17.9 Å². The summed E-state index contributed by atoms with van der Waals surface area (Å²) in [4.78, 5) is 33.2. The summed E-state index contributed by atoms with van der Waals surface area (Å²) in [6, 6.07) is 7.82. The Bertz CT molecular complexity index is 985. The van der Waals surface area contributed by atoms with Crippen molar-refractivity contribution >= 4 is 27.6 Å². The van der Waals surface area contributed by atoms with Gasteiger partial charge in [0.05, 0.1) is 20.9 Å². The number of hydrogen-bond donors (Lipinski definition) is 3. The standard InChI is InChI=1S/C15H13N3O7S/c16-8-9-1-4-11(5-2-9)26(24,25)17-14(19)13-7-10(18(22)23)3-6-12(13)15(20)21/h1-7H,8,16H2,(H,17,19)(H,20,21). The number of carbonyl (C=O) groups is 2. The quantitative estimate of drug-likeness (QED) is 0.490. The van der Waals surface area contributed by atoms with Crippen LogP contribution in [0.4, 0.5) is 5.69 Å². The van der Waals surface area contributed by atoms with Gasteiger partial charge in [0, 0.05) is 18.7 Å². The van der Waals surface area contributed by atoms with Crippen molar-refractivity contribution in [3.05, 3.63) is 69.3 Å². The molecule has 0 aliphatic carbocycles. The van der Waals surface area contributed by atoms with Crippen LogP contribution in [0.5, 0.6) is 0 Å². The van der Waals surface area contributed by atoms with Crippen molar-refractivity contribution in [3.63, 3.8) is 0 Å². The molecule has 0 radical (unpaired) electrons. The number of rotatable bonds is 6. The van der Waals surface area contributed by atoms with Crippen LogP contribution < -0.4 is 10.5 Å². The third-order valence-electron chi connectivity index (χ3n) is 3.39. The number of carbonyl (C=O) groups excluding carboxylic acids is 1. The van der Waals surface area contributed by atoms with Gasteiger partial charge in [-0.2, -0.15) is 0 Å². The molecule has 11 heteroatoms. The summed E-state index contributed by atoms with van der Waals surface area (Å²) in [7, 11) is -4.31. The first-order chi connectivity index (χ1) is 12.2. The van der Waals surface area contributed by atoms with Crippen molar-refractivity contribution in [1.29, 1.82) is 0 Å². The third-order valence-corrected chi connectivity index (χ3v) is 4.73. The van der Waals surface area contributed by atoms with Crippen LogP contribution in [0.15, 0.2) is 47.4 Å². The number of carboxylic acid groups (broad SMARTS) is 1. The number of aromatic carboxylic acids is 1. The average Bonchev–Trinajstić information content (AvgIpc) is 2.60. The van der Waals surface area contributed by atoms with Crippen LogP contribution in [0, 0.1) is 10.1 Å². The Morgan fingerprint density at radius 2 is 1.73 bits per heavy atom. The molecule has 0 unspecified atom stereocenters. The molecule has 0 fully saturated rings. The zero-order valence-electron chi connectivity index (χ0n) is 13.1. The molecule has 1 amide bonds. The van der Waals surface area contributed by atoms with Crippen LogP contribution >= 0.6 is 0 Å². The Balaban J connectivity index is 2.40. The number of hydrogen-bond acceptors (Lipinski definition) is 7. The average molecular weight is 379 g/mol. The fourth-order valence-electron chi connectivity index (χ4n) is 2.06. The lowest BCUT2D eigenvalue weighted by Gasteiger charge is -2.09. The number of benzene rings is 2. The van der Waals surface area contributed by atoms with E-state index in [1.54, 1.807) is 4.72 Å². The highest BCUT2D eigenvalue weighted by Crippen LogP contribution is 2.19. The van der Waals surface area contributed by atoms with Crippen LogP contribution in [-0.2, 0) is 16.6 Å². The molecule has 0 aliphatic rings. The highest BCUT2D eigenvalue weighted by molar-refractivity contribution is 7.90.